The van der Waals surface area contributed by atoms with Crippen LogP contribution in [-0.2, 0) is 6.54 Å². The maximum Gasteiger partial charge on any atom is 0.126 e. The van der Waals surface area contributed by atoms with Crippen molar-refractivity contribution >= 4 is 33.3 Å². The summed E-state index contributed by atoms with van der Waals surface area (Å²) in [5.74, 6) is 0.846. The van der Waals surface area contributed by atoms with Crippen LogP contribution in [0.3, 0.4) is 0 Å². The van der Waals surface area contributed by atoms with Crippen molar-refractivity contribution in [3.63, 3.8) is 0 Å². The topological polar surface area (TPSA) is 24.9 Å². The van der Waals surface area contributed by atoms with Gasteiger partial charge in [0.15, 0.2) is 0 Å². The van der Waals surface area contributed by atoms with Gasteiger partial charge in [0.2, 0.25) is 0 Å². The predicted octanol–water partition coefficient (Wildman–Crippen LogP) is 4.11. The average molecular weight is 298 g/mol. The van der Waals surface area contributed by atoms with E-state index in [0.717, 1.165) is 20.9 Å². The summed E-state index contributed by atoms with van der Waals surface area (Å²) in [5, 5.41) is 3.97. The lowest BCUT2D eigenvalue weighted by molar-refractivity contribution is 1.11. The zero-order chi connectivity index (χ0) is 11.4. The molecule has 0 radical (unpaired) electrons. The van der Waals surface area contributed by atoms with E-state index in [1.165, 1.54) is 0 Å². The monoisotopic (exact) mass is 296 g/mol. The maximum atomic E-state index is 6.08. The zero-order valence-corrected chi connectivity index (χ0v) is 10.8. The molecule has 0 saturated carbocycles. The van der Waals surface area contributed by atoms with Crippen LogP contribution in [0, 0.1) is 0 Å². The van der Waals surface area contributed by atoms with Crippen molar-refractivity contribution in [3.05, 3.63) is 57.7 Å². The Morgan fingerprint density at radius 1 is 1.25 bits per heavy atom. The van der Waals surface area contributed by atoms with Gasteiger partial charge in [0.25, 0.3) is 0 Å². The Morgan fingerprint density at radius 3 is 2.88 bits per heavy atom. The van der Waals surface area contributed by atoms with E-state index in [0.29, 0.717) is 6.54 Å². The summed E-state index contributed by atoms with van der Waals surface area (Å²) in [6, 6.07) is 11.5. The van der Waals surface area contributed by atoms with Gasteiger partial charge in [-0.15, -0.1) is 0 Å². The Labute approximate surface area is 108 Å². The van der Waals surface area contributed by atoms with Crippen LogP contribution in [-0.4, -0.2) is 4.98 Å². The lowest BCUT2D eigenvalue weighted by Crippen LogP contribution is -2.01. The van der Waals surface area contributed by atoms with Crippen molar-refractivity contribution in [2.24, 2.45) is 0 Å². The van der Waals surface area contributed by atoms with Crippen molar-refractivity contribution in [2.75, 3.05) is 5.32 Å². The van der Waals surface area contributed by atoms with Gasteiger partial charge in [-0.1, -0.05) is 33.6 Å². The molecular weight excluding hydrogens is 288 g/mol. The van der Waals surface area contributed by atoms with E-state index < -0.39 is 0 Å². The van der Waals surface area contributed by atoms with Crippen molar-refractivity contribution < 1.29 is 0 Å². The molecule has 0 atom stereocenters. The number of nitrogens with one attached hydrogen (secondary N) is 1. The first-order chi connectivity index (χ1) is 7.75. The number of halogens is 2. The molecule has 1 aromatic heterocycles. The second-order valence-electron chi connectivity index (χ2n) is 3.30. The fraction of sp³-hybridized carbons (Fsp3) is 0.0833. The van der Waals surface area contributed by atoms with Crippen molar-refractivity contribution in [2.45, 2.75) is 6.54 Å². The van der Waals surface area contributed by atoms with E-state index in [1.807, 2.05) is 36.4 Å². The summed E-state index contributed by atoms with van der Waals surface area (Å²) in [7, 11) is 0. The Kier molecular flexibility index (Phi) is 3.80. The molecule has 4 heteroatoms. The second-order valence-corrected chi connectivity index (χ2v) is 4.63. The molecule has 0 saturated heterocycles. The molecule has 1 heterocycles. The lowest BCUT2D eigenvalue weighted by atomic mass is 10.2. The van der Waals surface area contributed by atoms with Gasteiger partial charge in [-0.2, -0.15) is 0 Å². The van der Waals surface area contributed by atoms with Crippen LogP contribution in [0.25, 0.3) is 0 Å². The summed E-state index contributed by atoms with van der Waals surface area (Å²) in [5.41, 5.74) is 1.04. The summed E-state index contributed by atoms with van der Waals surface area (Å²) < 4.78 is 1.02. The van der Waals surface area contributed by atoms with Crippen LogP contribution in [0.15, 0.2) is 47.1 Å². The second kappa shape index (κ2) is 5.32. The summed E-state index contributed by atoms with van der Waals surface area (Å²) >= 11 is 9.50. The van der Waals surface area contributed by atoms with Crippen LogP contribution in [0.2, 0.25) is 5.02 Å². The summed E-state index contributed by atoms with van der Waals surface area (Å²) in [6.45, 7) is 0.662. The third-order valence-corrected chi connectivity index (χ3v) is 2.99. The number of hydrogen-bond donors (Lipinski definition) is 1. The molecule has 1 aromatic carbocycles. The SMILES string of the molecule is Clc1ccc(Br)cc1CNc1ccccn1. The fourth-order valence-corrected chi connectivity index (χ4v) is 1.92. The highest BCUT2D eigenvalue weighted by Crippen LogP contribution is 2.21. The first kappa shape index (κ1) is 11.4. The van der Waals surface area contributed by atoms with Gasteiger partial charge in [-0.05, 0) is 35.9 Å². The number of pyridine rings is 1. The minimum Gasteiger partial charge on any atom is -0.366 e. The highest BCUT2D eigenvalue weighted by atomic mass is 79.9. The van der Waals surface area contributed by atoms with Crippen molar-refractivity contribution in [1.29, 1.82) is 0 Å². The van der Waals surface area contributed by atoms with Crippen LogP contribution in [0.5, 0.6) is 0 Å². The molecule has 82 valence electrons. The molecule has 0 bridgehead atoms. The standard InChI is InChI=1S/C12H10BrClN2/c13-10-4-5-11(14)9(7-10)8-16-12-3-1-2-6-15-12/h1-7H,8H2,(H,15,16). The molecule has 0 aliphatic carbocycles. The van der Waals surface area contributed by atoms with Gasteiger partial charge >= 0.3 is 0 Å². The van der Waals surface area contributed by atoms with Gasteiger partial charge in [-0.25, -0.2) is 4.98 Å². The van der Waals surface area contributed by atoms with E-state index in [-0.39, 0.29) is 0 Å². The third kappa shape index (κ3) is 2.97. The number of benzene rings is 1. The van der Waals surface area contributed by atoms with E-state index in [1.54, 1.807) is 6.20 Å². The van der Waals surface area contributed by atoms with E-state index >= 15 is 0 Å². The molecule has 2 aromatic rings. The Hall–Kier alpha value is -1.06. The summed E-state index contributed by atoms with van der Waals surface area (Å²) in [6.07, 6.45) is 1.75. The molecule has 0 spiro atoms. The molecule has 2 rings (SSSR count). The zero-order valence-electron chi connectivity index (χ0n) is 8.45. The molecular formula is C12H10BrClN2. The molecule has 16 heavy (non-hydrogen) atoms. The first-order valence-electron chi connectivity index (χ1n) is 4.84. The highest BCUT2D eigenvalue weighted by Gasteiger charge is 2.01. The molecule has 0 aliphatic heterocycles. The quantitative estimate of drug-likeness (QED) is 0.922. The Bertz CT molecular complexity index is 474. The highest BCUT2D eigenvalue weighted by molar-refractivity contribution is 9.10. The van der Waals surface area contributed by atoms with E-state index in [2.05, 4.69) is 26.2 Å². The fourth-order valence-electron chi connectivity index (χ4n) is 1.33. The predicted molar refractivity (Wildman–Crippen MR) is 70.7 cm³/mol. The molecule has 0 fully saturated rings. The number of aromatic nitrogens is 1. The third-order valence-electron chi connectivity index (χ3n) is 2.13. The van der Waals surface area contributed by atoms with Gasteiger partial charge < -0.3 is 5.32 Å². The molecule has 0 unspecified atom stereocenters. The van der Waals surface area contributed by atoms with E-state index in [4.69, 9.17) is 11.6 Å². The van der Waals surface area contributed by atoms with Crippen molar-refractivity contribution in [3.8, 4) is 0 Å². The van der Waals surface area contributed by atoms with Crippen LogP contribution in [0.4, 0.5) is 5.82 Å². The number of anilines is 1. The lowest BCUT2D eigenvalue weighted by Gasteiger charge is -2.07. The molecule has 1 N–H and O–H groups in total. The Morgan fingerprint density at radius 2 is 2.12 bits per heavy atom. The smallest absolute Gasteiger partial charge is 0.126 e. The van der Waals surface area contributed by atoms with Crippen LogP contribution >= 0.6 is 27.5 Å². The first-order valence-corrected chi connectivity index (χ1v) is 6.01. The minimum absolute atomic E-state index is 0.662. The largest absolute Gasteiger partial charge is 0.366 e. The van der Waals surface area contributed by atoms with Crippen molar-refractivity contribution in [1.82, 2.24) is 4.98 Å². The number of rotatable bonds is 3. The average Bonchev–Trinajstić information content (AvgIpc) is 2.32. The minimum atomic E-state index is 0.662. The van der Waals surface area contributed by atoms with Crippen LogP contribution < -0.4 is 5.32 Å². The van der Waals surface area contributed by atoms with Gasteiger partial charge in [-0.3, -0.25) is 0 Å². The van der Waals surface area contributed by atoms with Gasteiger partial charge in [0.05, 0.1) is 0 Å². The van der Waals surface area contributed by atoms with Crippen LogP contribution in [0.1, 0.15) is 5.56 Å². The molecule has 2 nitrogen and oxygen atoms in total. The Balaban J connectivity index is 2.08. The normalized spacial score (nSPS) is 10.1. The number of hydrogen-bond acceptors (Lipinski definition) is 2. The van der Waals surface area contributed by atoms with Gasteiger partial charge in [0.1, 0.15) is 5.82 Å². The summed E-state index contributed by atoms with van der Waals surface area (Å²) in [4.78, 5) is 4.18. The molecule has 0 aliphatic rings. The molecule has 0 amide bonds. The number of nitrogens with zero attached hydrogens (tertiary/aromatic N) is 1. The maximum absolute atomic E-state index is 6.08. The van der Waals surface area contributed by atoms with Gasteiger partial charge in [0, 0.05) is 22.2 Å². The van der Waals surface area contributed by atoms with E-state index in [9.17, 15) is 0 Å².